The summed E-state index contributed by atoms with van der Waals surface area (Å²) in [6, 6.07) is 15.2. The van der Waals surface area contributed by atoms with E-state index in [0.717, 1.165) is 38.9 Å². The van der Waals surface area contributed by atoms with E-state index in [0.29, 0.717) is 11.8 Å². The Labute approximate surface area is 167 Å². The number of nitrogens with zero attached hydrogens (tertiary/aromatic N) is 3. The predicted molar refractivity (Wildman–Crippen MR) is 110 cm³/mol. The molecule has 2 aromatic heterocycles. The van der Waals surface area contributed by atoms with Crippen molar-refractivity contribution < 1.29 is 4.74 Å². The maximum Gasteiger partial charge on any atom is 0.226 e. The molecule has 0 amide bonds. The van der Waals surface area contributed by atoms with Gasteiger partial charge in [0.2, 0.25) is 5.95 Å². The molecule has 0 bridgehead atoms. The van der Waals surface area contributed by atoms with Crippen LogP contribution in [0.15, 0.2) is 60.9 Å². The number of benzene rings is 2. The van der Waals surface area contributed by atoms with Crippen molar-refractivity contribution in [2.45, 2.75) is 13.8 Å². The van der Waals surface area contributed by atoms with Crippen LogP contribution in [0.2, 0.25) is 5.02 Å². The van der Waals surface area contributed by atoms with Gasteiger partial charge >= 0.3 is 0 Å². The number of H-pyrrole nitrogens is 1. The number of halogens is 1. The average molecular weight is 392 g/mol. The predicted octanol–water partition coefficient (Wildman–Crippen LogP) is 5.67. The Hall–Kier alpha value is -3.38. The Bertz CT molecular complexity index is 1070. The van der Waals surface area contributed by atoms with Crippen LogP contribution < -0.4 is 10.1 Å². The fourth-order valence-corrected chi connectivity index (χ4v) is 2.94. The lowest BCUT2D eigenvalue weighted by Crippen LogP contribution is -1.94. The van der Waals surface area contributed by atoms with Crippen LogP contribution in [0, 0.1) is 13.8 Å². The molecular weight excluding hydrogens is 374 g/mol. The zero-order valence-electron chi connectivity index (χ0n) is 15.4. The van der Waals surface area contributed by atoms with E-state index in [2.05, 4.69) is 25.5 Å². The molecule has 0 atom stereocenters. The maximum atomic E-state index is 6.22. The summed E-state index contributed by atoms with van der Waals surface area (Å²) in [5.41, 5.74) is 3.83. The lowest BCUT2D eigenvalue weighted by atomic mass is 10.1. The smallest absolute Gasteiger partial charge is 0.226 e. The number of aromatic amines is 1. The van der Waals surface area contributed by atoms with Gasteiger partial charge in [0, 0.05) is 28.7 Å². The largest absolute Gasteiger partial charge is 0.457 e. The van der Waals surface area contributed by atoms with Gasteiger partial charge in [0.05, 0.1) is 0 Å². The van der Waals surface area contributed by atoms with E-state index in [4.69, 9.17) is 16.3 Å². The van der Waals surface area contributed by atoms with Crippen molar-refractivity contribution in [2.24, 2.45) is 0 Å². The zero-order chi connectivity index (χ0) is 19.5. The number of rotatable bonds is 5. The van der Waals surface area contributed by atoms with Gasteiger partial charge in [0.1, 0.15) is 11.5 Å². The molecule has 0 spiro atoms. The third kappa shape index (κ3) is 3.97. The minimum Gasteiger partial charge on any atom is -0.457 e. The van der Waals surface area contributed by atoms with Gasteiger partial charge in [-0.05, 0) is 73.5 Å². The number of aromatic nitrogens is 4. The van der Waals surface area contributed by atoms with E-state index in [9.17, 15) is 0 Å². The van der Waals surface area contributed by atoms with E-state index in [1.165, 1.54) is 0 Å². The molecule has 2 N–H and O–H groups in total. The van der Waals surface area contributed by atoms with Crippen molar-refractivity contribution >= 4 is 23.2 Å². The molecule has 0 radical (unpaired) electrons. The van der Waals surface area contributed by atoms with Crippen molar-refractivity contribution in [1.82, 2.24) is 20.2 Å². The lowest BCUT2D eigenvalue weighted by molar-refractivity contribution is 0.482. The molecule has 7 heteroatoms. The number of nitrogens with one attached hydrogen (secondary N) is 2. The van der Waals surface area contributed by atoms with Crippen molar-refractivity contribution in [2.75, 3.05) is 5.32 Å². The summed E-state index contributed by atoms with van der Waals surface area (Å²) >= 11 is 6.22. The Morgan fingerprint density at radius 1 is 0.893 bits per heavy atom. The van der Waals surface area contributed by atoms with Crippen LogP contribution in [0.25, 0.3) is 11.4 Å². The number of pyridine rings is 1. The topological polar surface area (TPSA) is 75.7 Å². The van der Waals surface area contributed by atoms with Gasteiger partial charge in [-0.25, -0.2) is 0 Å². The number of aryl methyl sites for hydroxylation is 2. The van der Waals surface area contributed by atoms with E-state index in [1.807, 2.05) is 62.4 Å². The number of hydrogen-bond acceptors (Lipinski definition) is 5. The molecule has 4 rings (SSSR count). The minimum atomic E-state index is 0.563. The molecule has 0 saturated carbocycles. The van der Waals surface area contributed by atoms with Crippen LogP contribution in [0.4, 0.5) is 11.6 Å². The lowest BCUT2D eigenvalue weighted by Gasteiger charge is -2.08. The Kier molecular flexibility index (Phi) is 4.95. The second kappa shape index (κ2) is 7.70. The maximum absolute atomic E-state index is 6.22. The van der Waals surface area contributed by atoms with Crippen molar-refractivity contribution in [1.29, 1.82) is 0 Å². The molecule has 0 saturated heterocycles. The van der Waals surface area contributed by atoms with Crippen LogP contribution in [0.5, 0.6) is 11.5 Å². The molecule has 2 aromatic carbocycles. The number of ether oxygens (including phenoxy) is 1. The van der Waals surface area contributed by atoms with Gasteiger partial charge in [0.15, 0.2) is 5.82 Å². The van der Waals surface area contributed by atoms with E-state index < -0.39 is 0 Å². The first-order valence-corrected chi connectivity index (χ1v) is 9.11. The molecule has 2 heterocycles. The Morgan fingerprint density at radius 3 is 2.21 bits per heavy atom. The SMILES string of the molecule is Cc1cc(Nc2nnc(-c3ccc(Oc4ccncc4)cc3)[nH]2)cc(C)c1Cl. The van der Waals surface area contributed by atoms with Gasteiger partial charge < -0.3 is 15.0 Å². The van der Waals surface area contributed by atoms with Gasteiger partial charge in [-0.15, -0.1) is 10.2 Å². The first-order valence-electron chi connectivity index (χ1n) is 8.73. The molecule has 140 valence electrons. The van der Waals surface area contributed by atoms with Crippen LogP contribution in [-0.2, 0) is 0 Å². The summed E-state index contributed by atoms with van der Waals surface area (Å²) < 4.78 is 5.78. The summed E-state index contributed by atoms with van der Waals surface area (Å²) in [4.78, 5) is 7.16. The Morgan fingerprint density at radius 2 is 1.54 bits per heavy atom. The molecule has 6 nitrogen and oxygen atoms in total. The van der Waals surface area contributed by atoms with Crippen LogP contribution in [-0.4, -0.2) is 20.2 Å². The van der Waals surface area contributed by atoms with Crippen LogP contribution >= 0.6 is 11.6 Å². The molecule has 28 heavy (non-hydrogen) atoms. The van der Waals surface area contributed by atoms with E-state index in [1.54, 1.807) is 12.4 Å². The van der Waals surface area contributed by atoms with Crippen molar-refractivity contribution in [3.8, 4) is 22.9 Å². The molecule has 0 aliphatic rings. The highest BCUT2D eigenvalue weighted by molar-refractivity contribution is 6.32. The quantitative estimate of drug-likeness (QED) is 0.458. The summed E-state index contributed by atoms with van der Waals surface area (Å²) in [7, 11) is 0. The van der Waals surface area contributed by atoms with Gasteiger partial charge in [-0.2, -0.15) is 0 Å². The first-order chi connectivity index (χ1) is 13.6. The standard InChI is InChI=1S/C21H18ClN5O/c1-13-11-16(12-14(2)19(13)22)24-21-25-20(26-27-21)15-3-5-17(6-4-15)28-18-7-9-23-10-8-18/h3-12H,1-2H3,(H2,24,25,26,27). The highest BCUT2D eigenvalue weighted by Crippen LogP contribution is 2.27. The van der Waals surface area contributed by atoms with Gasteiger partial charge in [-0.3, -0.25) is 4.98 Å². The summed E-state index contributed by atoms with van der Waals surface area (Å²) in [5.74, 6) is 2.70. The van der Waals surface area contributed by atoms with Gasteiger partial charge in [-0.1, -0.05) is 11.6 Å². The van der Waals surface area contributed by atoms with Gasteiger partial charge in [0.25, 0.3) is 0 Å². The fourth-order valence-electron chi connectivity index (χ4n) is 2.83. The van der Waals surface area contributed by atoms with Crippen LogP contribution in [0.3, 0.4) is 0 Å². The molecule has 0 aliphatic carbocycles. The molecule has 0 fully saturated rings. The second-order valence-electron chi connectivity index (χ2n) is 6.38. The summed E-state index contributed by atoms with van der Waals surface area (Å²) in [6.45, 7) is 3.95. The molecule has 4 aromatic rings. The third-order valence-corrected chi connectivity index (χ3v) is 4.80. The summed E-state index contributed by atoms with van der Waals surface area (Å²) in [6.07, 6.45) is 3.38. The highest BCUT2D eigenvalue weighted by atomic mass is 35.5. The molecular formula is C21H18ClN5O. The monoisotopic (exact) mass is 391 g/mol. The fraction of sp³-hybridized carbons (Fsp3) is 0.0952. The molecule has 0 aliphatic heterocycles. The number of hydrogen-bond donors (Lipinski definition) is 2. The average Bonchev–Trinajstić information content (AvgIpc) is 3.16. The van der Waals surface area contributed by atoms with Crippen molar-refractivity contribution in [3.63, 3.8) is 0 Å². The Balaban J connectivity index is 1.48. The number of anilines is 2. The summed E-state index contributed by atoms with van der Waals surface area (Å²) in [5, 5.41) is 12.4. The highest BCUT2D eigenvalue weighted by Gasteiger charge is 2.08. The minimum absolute atomic E-state index is 0.563. The van der Waals surface area contributed by atoms with E-state index in [-0.39, 0.29) is 0 Å². The van der Waals surface area contributed by atoms with Crippen molar-refractivity contribution in [3.05, 3.63) is 77.1 Å². The third-order valence-electron chi connectivity index (χ3n) is 4.20. The molecule has 0 unspecified atom stereocenters. The second-order valence-corrected chi connectivity index (χ2v) is 6.76. The van der Waals surface area contributed by atoms with E-state index >= 15 is 0 Å². The van der Waals surface area contributed by atoms with Crippen LogP contribution in [0.1, 0.15) is 11.1 Å². The normalized spacial score (nSPS) is 10.7. The first kappa shape index (κ1) is 18.0. The zero-order valence-corrected chi connectivity index (χ0v) is 16.2.